The third-order valence-electron chi connectivity index (χ3n) is 5.74. The van der Waals surface area contributed by atoms with Gasteiger partial charge in [0.2, 0.25) is 0 Å². The summed E-state index contributed by atoms with van der Waals surface area (Å²) in [5.41, 5.74) is 4.01. The third-order valence-corrected chi connectivity index (χ3v) is 5.74. The lowest BCUT2D eigenvalue weighted by molar-refractivity contribution is 0.0973. The van der Waals surface area contributed by atoms with Crippen molar-refractivity contribution in [2.24, 2.45) is 0 Å². The standard InChI is InChI=1S/C27H26N2O3/c1-18(2)21-8-3-4-9-22(21)26(31)28-20-15-13-19(14-16-20)27(32)29-17-7-12-25(30)23-10-5-6-11-24(23)29/h3-6,8-11,13-16,18H,7,12,17H2,1-2H3,(H,28,31). The van der Waals surface area contributed by atoms with Gasteiger partial charge in [-0.05, 0) is 60.4 Å². The lowest BCUT2D eigenvalue weighted by atomic mass is 9.97. The topological polar surface area (TPSA) is 66.5 Å². The maximum Gasteiger partial charge on any atom is 0.258 e. The highest BCUT2D eigenvalue weighted by atomic mass is 16.2. The summed E-state index contributed by atoms with van der Waals surface area (Å²) in [5, 5.41) is 2.92. The first-order valence-electron chi connectivity index (χ1n) is 10.9. The molecular weight excluding hydrogens is 400 g/mol. The molecule has 3 aromatic rings. The van der Waals surface area contributed by atoms with Gasteiger partial charge >= 0.3 is 0 Å². The molecule has 0 unspecified atom stereocenters. The van der Waals surface area contributed by atoms with Crippen LogP contribution in [0.3, 0.4) is 0 Å². The molecule has 1 aliphatic heterocycles. The summed E-state index contributed by atoms with van der Waals surface area (Å²) in [4.78, 5) is 40.1. The van der Waals surface area contributed by atoms with Crippen molar-refractivity contribution in [1.29, 1.82) is 0 Å². The van der Waals surface area contributed by atoms with Gasteiger partial charge in [-0.3, -0.25) is 14.4 Å². The highest BCUT2D eigenvalue weighted by molar-refractivity contribution is 6.12. The number of ketones is 1. The van der Waals surface area contributed by atoms with Crippen molar-refractivity contribution in [1.82, 2.24) is 0 Å². The smallest absolute Gasteiger partial charge is 0.258 e. The second kappa shape index (κ2) is 9.18. The monoisotopic (exact) mass is 426 g/mol. The molecule has 0 radical (unpaired) electrons. The van der Waals surface area contributed by atoms with Crippen LogP contribution in [-0.4, -0.2) is 24.1 Å². The molecule has 0 fully saturated rings. The lowest BCUT2D eigenvalue weighted by Gasteiger charge is -2.22. The van der Waals surface area contributed by atoms with Crippen LogP contribution >= 0.6 is 0 Å². The number of hydrogen-bond acceptors (Lipinski definition) is 3. The van der Waals surface area contributed by atoms with Crippen molar-refractivity contribution < 1.29 is 14.4 Å². The Bertz CT molecular complexity index is 1170. The number of amides is 2. The van der Waals surface area contributed by atoms with Crippen molar-refractivity contribution in [2.45, 2.75) is 32.6 Å². The first-order valence-corrected chi connectivity index (χ1v) is 10.9. The number of carbonyl (C=O) groups excluding carboxylic acids is 3. The van der Waals surface area contributed by atoms with E-state index < -0.39 is 0 Å². The van der Waals surface area contributed by atoms with Crippen LogP contribution in [0.1, 0.15) is 69.2 Å². The van der Waals surface area contributed by atoms with Gasteiger partial charge in [0.25, 0.3) is 11.8 Å². The minimum absolute atomic E-state index is 0.0654. The van der Waals surface area contributed by atoms with Gasteiger partial charge in [0.1, 0.15) is 0 Å². The highest BCUT2D eigenvalue weighted by Crippen LogP contribution is 2.28. The summed E-state index contributed by atoms with van der Waals surface area (Å²) in [6.07, 6.45) is 1.06. The van der Waals surface area contributed by atoms with E-state index in [-0.39, 0.29) is 23.5 Å². The zero-order valence-electron chi connectivity index (χ0n) is 18.3. The Balaban J connectivity index is 1.53. The van der Waals surface area contributed by atoms with Crippen LogP contribution in [0.2, 0.25) is 0 Å². The quantitative estimate of drug-likeness (QED) is 0.583. The number of nitrogens with zero attached hydrogens (tertiary/aromatic N) is 1. The number of hydrogen-bond donors (Lipinski definition) is 1. The molecule has 32 heavy (non-hydrogen) atoms. The predicted molar refractivity (Wildman–Crippen MR) is 127 cm³/mol. The molecule has 3 aromatic carbocycles. The molecule has 0 saturated heterocycles. The Hall–Kier alpha value is -3.73. The number of para-hydroxylation sites is 1. The predicted octanol–water partition coefficient (Wildman–Crippen LogP) is 5.69. The zero-order chi connectivity index (χ0) is 22.7. The van der Waals surface area contributed by atoms with E-state index in [1.807, 2.05) is 42.5 Å². The molecule has 0 saturated carbocycles. The van der Waals surface area contributed by atoms with E-state index in [0.717, 1.165) is 5.56 Å². The number of fused-ring (bicyclic) bond motifs is 1. The Morgan fingerprint density at radius 3 is 2.34 bits per heavy atom. The van der Waals surface area contributed by atoms with E-state index in [1.165, 1.54) is 0 Å². The highest BCUT2D eigenvalue weighted by Gasteiger charge is 2.25. The molecular formula is C27H26N2O3. The van der Waals surface area contributed by atoms with Gasteiger partial charge in [-0.15, -0.1) is 0 Å². The maximum absolute atomic E-state index is 13.2. The molecule has 0 aromatic heterocycles. The van der Waals surface area contributed by atoms with E-state index in [4.69, 9.17) is 0 Å². The van der Waals surface area contributed by atoms with Gasteiger partial charge in [-0.1, -0.05) is 44.2 Å². The fourth-order valence-corrected chi connectivity index (χ4v) is 4.07. The van der Waals surface area contributed by atoms with Crippen molar-refractivity contribution in [3.05, 3.63) is 95.1 Å². The summed E-state index contributed by atoms with van der Waals surface area (Å²) in [7, 11) is 0. The van der Waals surface area contributed by atoms with Crippen LogP contribution in [0.25, 0.3) is 0 Å². The molecule has 1 aliphatic rings. The number of rotatable bonds is 4. The van der Waals surface area contributed by atoms with E-state index in [2.05, 4.69) is 19.2 Å². The van der Waals surface area contributed by atoms with E-state index in [9.17, 15) is 14.4 Å². The SMILES string of the molecule is CC(C)c1ccccc1C(=O)Nc1ccc(C(=O)N2CCCC(=O)c3ccccc32)cc1. The average Bonchev–Trinajstić information content (AvgIpc) is 2.98. The molecule has 0 aliphatic carbocycles. The van der Waals surface area contributed by atoms with Gasteiger partial charge in [-0.2, -0.15) is 0 Å². The second-order valence-corrected chi connectivity index (χ2v) is 8.27. The van der Waals surface area contributed by atoms with Gasteiger partial charge in [-0.25, -0.2) is 0 Å². The van der Waals surface area contributed by atoms with Gasteiger partial charge in [0.05, 0.1) is 5.69 Å². The van der Waals surface area contributed by atoms with Gasteiger partial charge in [0, 0.05) is 35.3 Å². The van der Waals surface area contributed by atoms with Gasteiger partial charge < -0.3 is 10.2 Å². The first-order chi connectivity index (χ1) is 15.5. The van der Waals surface area contributed by atoms with E-state index in [1.54, 1.807) is 35.2 Å². The lowest BCUT2D eigenvalue weighted by Crippen LogP contribution is -2.31. The molecule has 2 amide bonds. The van der Waals surface area contributed by atoms with Crippen LogP contribution < -0.4 is 10.2 Å². The summed E-state index contributed by atoms with van der Waals surface area (Å²) < 4.78 is 0. The Labute approximate surface area is 188 Å². The third kappa shape index (κ3) is 4.33. The molecule has 5 heteroatoms. The zero-order valence-corrected chi connectivity index (χ0v) is 18.3. The number of carbonyl (C=O) groups is 3. The van der Waals surface area contributed by atoms with Crippen LogP contribution in [0.5, 0.6) is 0 Å². The van der Waals surface area contributed by atoms with Crippen LogP contribution in [0.15, 0.2) is 72.8 Å². The molecule has 162 valence electrons. The molecule has 4 rings (SSSR count). The van der Waals surface area contributed by atoms with Crippen molar-refractivity contribution in [3.8, 4) is 0 Å². The van der Waals surface area contributed by atoms with Crippen molar-refractivity contribution in [2.75, 3.05) is 16.8 Å². The Kier molecular flexibility index (Phi) is 6.17. The molecule has 0 bridgehead atoms. The number of benzene rings is 3. The molecule has 0 spiro atoms. The van der Waals surface area contributed by atoms with Crippen molar-refractivity contribution >= 4 is 29.0 Å². The maximum atomic E-state index is 13.2. The fourth-order valence-electron chi connectivity index (χ4n) is 4.07. The Morgan fingerprint density at radius 1 is 0.906 bits per heavy atom. The molecule has 1 heterocycles. The number of Topliss-reactive ketones (excluding diaryl/α,β-unsaturated/α-hetero) is 1. The molecule has 0 atom stereocenters. The van der Waals surface area contributed by atoms with Crippen LogP contribution in [-0.2, 0) is 0 Å². The minimum atomic E-state index is -0.173. The number of nitrogens with one attached hydrogen (secondary N) is 1. The summed E-state index contributed by atoms with van der Waals surface area (Å²) in [6, 6.07) is 21.7. The van der Waals surface area contributed by atoms with Crippen LogP contribution in [0, 0.1) is 0 Å². The second-order valence-electron chi connectivity index (χ2n) is 8.27. The largest absolute Gasteiger partial charge is 0.322 e. The number of anilines is 2. The van der Waals surface area contributed by atoms with Crippen molar-refractivity contribution in [3.63, 3.8) is 0 Å². The summed E-state index contributed by atoms with van der Waals surface area (Å²) in [5.74, 6) is -0.0283. The van der Waals surface area contributed by atoms with Gasteiger partial charge in [0.15, 0.2) is 5.78 Å². The van der Waals surface area contributed by atoms with E-state index >= 15 is 0 Å². The fraction of sp³-hybridized carbons (Fsp3) is 0.222. The van der Waals surface area contributed by atoms with E-state index in [0.29, 0.717) is 47.5 Å². The molecule has 1 N–H and O–H groups in total. The summed E-state index contributed by atoms with van der Waals surface area (Å²) >= 11 is 0. The normalized spacial score (nSPS) is 13.5. The minimum Gasteiger partial charge on any atom is -0.322 e. The average molecular weight is 427 g/mol. The Morgan fingerprint density at radius 2 is 1.59 bits per heavy atom. The molecule has 5 nitrogen and oxygen atoms in total. The first kappa shape index (κ1) is 21.5. The van der Waals surface area contributed by atoms with Crippen LogP contribution in [0.4, 0.5) is 11.4 Å². The summed E-state index contributed by atoms with van der Waals surface area (Å²) in [6.45, 7) is 4.61.